The maximum absolute atomic E-state index is 12.3. The van der Waals surface area contributed by atoms with E-state index in [9.17, 15) is 14.7 Å². The van der Waals surface area contributed by atoms with Crippen LogP contribution in [0, 0.1) is 40.4 Å². The van der Waals surface area contributed by atoms with Crippen LogP contribution in [0.1, 0.15) is 123 Å². The Balaban J connectivity index is 1.31. The van der Waals surface area contributed by atoms with E-state index in [1.165, 1.54) is 70.6 Å². The number of Topliss-reactive ketones (excluding diaryl/α,β-unsaturated/α-hetero) is 1. The first-order valence-electron chi connectivity index (χ1n) is 15.1. The van der Waals surface area contributed by atoms with E-state index in [4.69, 9.17) is 0 Å². The summed E-state index contributed by atoms with van der Waals surface area (Å²) in [7, 11) is 3.68. The molecule has 4 aliphatic rings. The van der Waals surface area contributed by atoms with Crippen LogP contribution in [-0.4, -0.2) is 41.9 Å². The van der Waals surface area contributed by atoms with E-state index in [1.807, 2.05) is 14.1 Å². The highest BCUT2D eigenvalue weighted by molar-refractivity contribution is 5.79. The first-order chi connectivity index (χ1) is 16.7. The van der Waals surface area contributed by atoms with Crippen LogP contribution in [0.3, 0.4) is 0 Å². The van der Waals surface area contributed by atoms with Crippen molar-refractivity contribution in [3.63, 3.8) is 0 Å². The molecule has 200 valence electrons. The Labute approximate surface area is 215 Å². The molecule has 0 aromatic rings. The molecular formula is C31H53NO3. The topological polar surface area (TPSA) is 57.6 Å². The minimum absolute atomic E-state index is 0.115. The van der Waals surface area contributed by atoms with Crippen molar-refractivity contribution in [3.05, 3.63) is 0 Å². The van der Waals surface area contributed by atoms with Crippen molar-refractivity contribution in [2.75, 3.05) is 14.1 Å². The molecule has 0 spiro atoms. The van der Waals surface area contributed by atoms with E-state index in [2.05, 4.69) is 13.8 Å². The molecule has 0 radical (unpaired) electrons. The third-order valence-electron chi connectivity index (χ3n) is 11.5. The Hall–Kier alpha value is -0.900. The molecule has 4 fully saturated rings. The van der Waals surface area contributed by atoms with Gasteiger partial charge >= 0.3 is 0 Å². The quantitative estimate of drug-likeness (QED) is 0.345. The van der Waals surface area contributed by atoms with Gasteiger partial charge in [0.25, 0.3) is 0 Å². The average molecular weight is 488 g/mol. The number of unbranched alkanes of at least 4 members (excludes halogenated alkanes) is 6. The second-order valence-electron chi connectivity index (χ2n) is 13.7. The Morgan fingerprint density at radius 3 is 2.34 bits per heavy atom. The number of aliphatic hydroxyl groups excluding tert-OH is 1. The Morgan fingerprint density at radius 1 is 0.943 bits per heavy atom. The van der Waals surface area contributed by atoms with Gasteiger partial charge in [0.05, 0.1) is 6.10 Å². The third kappa shape index (κ3) is 5.53. The van der Waals surface area contributed by atoms with Gasteiger partial charge in [-0.3, -0.25) is 9.59 Å². The van der Waals surface area contributed by atoms with Gasteiger partial charge < -0.3 is 10.0 Å². The van der Waals surface area contributed by atoms with E-state index >= 15 is 0 Å². The summed E-state index contributed by atoms with van der Waals surface area (Å²) in [6, 6.07) is 0. The number of carbonyl (C=O) groups is 2. The van der Waals surface area contributed by atoms with Crippen LogP contribution in [0.25, 0.3) is 0 Å². The molecule has 0 aromatic heterocycles. The Bertz CT molecular complexity index is 750. The van der Waals surface area contributed by atoms with Crippen molar-refractivity contribution < 1.29 is 14.7 Å². The van der Waals surface area contributed by atoms with E-state index in [1.54, 1.807) is 4.90 Å². The predicted octanol–water partition coefficient (Wildman–Crippen LogP) is 6.78. The zero-order valence-electron chi connectivity index (χ0n) is 23.2. The van der Waals surface area contributed by atoms with Crippen molar-refractivity contribution in [2.45, 2.75) is 129 Å². The molecule has 4 aliphatic carbocycles. The largest absolute Gasteiger partial charge is 0.393 e. The summed E-state index contributed by atoms with van der Waals surface area (Å²) in [6.07, 6.45) is 19.2. The van der Waals surface area contributed by atoms with Crippen LogP contribution in [0.4, 0.5) is 0 Å². The zero-order chi connectivity index (χ0) is 25.2. The average Bonchev–Trinajstić information content (AvgIpc) is 3.11. The van der Waals surface area contributed by atoms with Gasteiger partial charge in [0.15, 0.2) is 0 Å². The number of aliphatic hydroxyl groups is 1. The summed E-state index contributed by atoms with van der Waals surface area (Å²) in [5.41, 5.74) is 0.448. The van der Waals surface area contributed by atoms with Crippen molar-refractivity contribution in [1.82, 2.24) is 4.90 Å². The highest BCUT2D eigenvalue weighted by Crippen LogP contribution is 2.68. The fourth-order valence-corrected chi connectivity index (χ4v) is 9.49. The van der Waals surface area contributed by atoms with Crippen LogP contribution < -0.4 is 0 Å². The van der Waals surface area contributed by atoms with Gasteiger partial charge in [-0.2, -0.15) is 0 Å². The Kier molecular flexibility index (Phi) is 8.71. The van der Waals surface area contributed by atoms with Crippen LogP contribution >= 0.6 is 0 Å². The van der Waals surface area contributed by atoms with Crippen LogP contribution in [0.15, 0.2) is 0 Å². The van der Waals surface area contributed by atoms with Gasteiger partial charge in [-0.1, -0.05) is 58.8 Å². The molecule has 4 saturated carbocycles. The number of nitrogens with zero attached hydrogens (tertiary/aromatic N) is 1. The lowest BCUT2D eigenvalue weighted by Crippen LogP contribution is -2.57. The minimum Gasteiger partial charge on any atom is -0.393 e. The molecular weight excluding hydrogens is 434 g/mol. The van der Waals surface area contributed by atoms with E-state index in [0.717, 1.165) is 43.9 Å². The van der Waals surface area contributed by atoms with Gasteiger partial charge in [-0.25, -0.2) is 0 Å². The van der Waals surface area contributed by atoms with Gasteiger partial charge in [0, 0.05) is 33.4 Å². The van der Waals surface area contributed by atoms with Crippen molar-refractivity contribution in [3.8, 4) is 0 Å². The second-order valence-corrected chi connectivity index (χ2v) is 13.7. The van der Waals surface area contributed by atoms with Crippen LogP contribution in [0.5, 0.6) is 0 Å². The standard InChI is InChI=1S/C31H53NO3/c1-30-19-18-24(33)20-23(30)14-15-25-26-16-17-27(34)31(26,2)21-22(29(25)30)12-10-8-6-5-7-9-11-13-28(35)32(3)4/h22-23,25-27,29,34H,5-21H2,1-4H3/t22?,23?,25-,26-,27?,29+,30-,31-/m0/s1. The first-order valence-corrected chi connectivity index (χ1v) is 15.1. The molecule has 8 atom stereocenters. The van der Waals surface area contributed by atoms with Gasteiger partial charge in [-0.05, 0) is 85.4 Å². The lowest BCUT2D eigenvalue weighted by Gasteiger charge is -2.62. The monoisotopic (exact) mass is 487 g/mol. The Morgan fingerprint density at radius 2 is 1.63 bits per heavy atom. The number of rotatable bonds is 10. The predicted molar refractivity (Wildman–Crippen MR) is 142 cm³/mol. The molecule has 0 aliphatic heterocycles. The third-order valence-corrected chi connectivity index (χ3v) is 11.5. The molecule has 1 N–H and O–H groups in total. The summed E-state index contributed by atoms with van der Waals surface area (Å²) < 4.78 is 0. The molecule has 1 amide bonds. The fraction of sp³-hybridized carbons (Fsp3) is 0.935. The molecule has 4 rings (SSSR count). The minimum atomic E-state index is -0.117. The van der Waals surface area contributed by atoms with Crippen molar-refractivity contribution >= 4 is 11.7 Å². The molecule has 0 heterocycles. The maximum atomic E-state index is 12.3. The lowest BCUT2D eigenvalue weighted by molar-refractivity contribution is -0.159. The highest BCUT2D eigenvalue weighted by atomic mass is 16.3. The summed E-state index contributed by atoms with van der Waals surface area (Å²) in [5, 5.41) is 11.0. The number of ketones is 1. The number of carbonyl (C=O) groups excluding carboxylic acids is 2. The summed E-state index contributed by atoms with van der Waals surface area (Å²) >= 11 is 0. The SMILES string of the molecule is CN(C)C(=O)CCCCCCCCCC1C[C@]2(C)C(O)CC[C@H]2[C@@H]2CCC3CC(=O)CC[C@]3(C)[C@H]12. The summed E-state index contributed by atoms with van der Waals surface area (Å²) in [6.45, 7) is 4.97. The number of fused-ring (bicyclic) bond motifs is 5. The molecule has 0 bridgehead atoms. The second kappa shape index (κ2) is 11.2. The normalized spacial score (nSPS) is 40.7. The number of amides is 1. The van der Waals surface area contributed by atoms with Gasteiger partial charge in [0.1, 0.15) is 5.78 Å². The molecule has 35 heavy (non-hydrogen) atoms. The first kappa shape index (κ1) is 27.1. The van der Waals surface area contributed by atoms with Crippen molar-refractivity contribution in [2.24, 2.45) is 40.4 Å². The molecule has 0 aromatic carbocycles. The number of hydrogen-bond acceptors (Lipinski definition) is 3. The van der Waals surface area contributed by atoms with Crippen LogP contribution in [0.2, 0.25) is 0 Å². The molecule has 4 nitrogen and oxygen atoms in total. The van der Waals surface area contributed by atoms with Gasteiger partial charge in [-0.15, -0.1) is 0 Å². The fourth-order valence-electron chi connectivity index (χ4n) is 9.49. The van der Waals surface area contributed by atoms with E-state index < -0.39 is 0 Å². The van der Waals surface area contributed by atoms with E-state index in [0.29, 0.717) is 35.4 Å². The summed E-state index contributed by atoms with van der Waals surface area (Å²) in [4.78, 5) is 25.7. The molecule has 4 heteroatoms. The number of hydrogen-bond donors (Lipinski definition) is 1. The zero-order valence-corrected chi connectivity index (χ0v) is 23.2. The van der Waals surface area contributed by atoms with Crippen LogP contribution in [-0.2, 0) is 9.59 Å². The van der Waals surface area contributed by atoms with Crippen molar-refractivity contribution in [1.29, 1.82) is 0 Å². The lowest BCUT2D eigenvalue weighted by atomic mass is 9.42. The highest BCUT2D eigenvalue weighted by Gasteiger charge is 2.62. The maximum Gasteiger partial charge on any atom is 0.222 e. The smallest absolute Gasteiger partial charge is 0.222 e. The van der Waals surface area contributed by atoms with E-state index in [-0.39, 0.29) is 17.4 Å². The molecule has 0 saturated heterocycles. The molecule has 3 unspecified atom stereocenters. The summed E-state index contributed by atoms with van der Waals surface area (Å²) in [5.74, 6) is 4.27. The van der Waals surface area contributed by atoms with Gasteiger partial charge in [0.2, 0.25) is 5.91 Å².